The summed E-state index contributed by atoms with van der Waals surface area (Å²) in [4.78, 5) is 12.3. The van der Waals surface area contributed by atoms with E-state index in [1.165, 1.54) is 5.56 Å². The van der Waals surface area contributed by atoms with E-state index in [2.05, 4.69) is 16.7 Å². The van der Waals surface area contributed by atoms with Crippen molar-refractivity contribution in [2.24, 2.45) is 0 Å². The zero-order valence-corrected chi connectivity index (χ0v) is 15.8. The first-order chi connectivity index (χ1) is 12.9. The molecule has 0 saturated carbocycles. The van der Waals surface area contributed by atoms with Crippen molar-refractivity contribution >= 4 is 11.8 Å². The molecule has 2 N–H and O–H groups in total. The second-order valence-electron chi connectivity index (χ2n) is 7.78. The maximum Gasteiger partial charge on any atom is 0.412 e. The lowest BCUT2D eigenvalue weighted by molar-refractivity contribution is 0.0635. The fourth-order valence-corrected chi connectivity index (χ4v) is 3.39. The molecule has 142 valence electrons. The molecule has 0 fully saturated rings. The third-order valence-corrected chi connectivity index (χ3v) is 4.55. The van der Waals surface area contributed by atoms with Gasteiger partial charge in [-0.2, -0.15) is 0 Å². The van der Waals surface area contributed by atoms with Gasteiger partial charge in [-0.1, -0.05) is 6.07 Å². The van der Waals surface area contributed by atoms with E-state index in [1.54, 1.807) is 0 Å². The second-order valence-corrected chi connectivity index (χ2v) is 7.78. The van der Waals surface area contributed by atoms with Crippen LogP contribution in [0.3, 0.4) is 0 Å². The van der Waals surface area contributed by atoms with Gasteiger partial charge in [0, 0.05) is 12.2 Å². The lowest BCUT2D eigenvalue weighted by Gasteiger charge is -2.24. The van der Waals surface area contributed by atoms with Crippen LogP contribution in [0.5, 0.6) is 11.5 Å². The molecule has 6 nitrogen and oxygen atoms in total. The van der Waals surface area contributed by atoms with Crippen molar-refractivity contribution in [1.29, 1.82) is 0 Å². The van der Waals surface area contributed by atoms with Crippen LogP contribution in [0.2, 0.25) is 0 Å². The molecule has 27 heavy (non-hydrogen) atoms. The van der Waals surface area contributed by atoms with Crippen molar-refractivity contribution < 1.29 is 19.0 Å². The molecule has 2 aromatic rings. The summed E-state index contributed by atoms with van der Waals surface area (Å²) in [6, 6.07) is 10.1. The molecule has 0 saturated heterocycles. The van der Waals surface area contributed by atoms with Crippen LogP contribution in [0, 0.1) is 0 Å². The van der Waals surface area contributed by atoms with Gasteiger partial charge in [-0.25, -0.2) is 4.79 Å². The minimum Gasteiger partial charge on any atom is -0.454 e. The van der Waals surface area contributed by atoms with Gasteiger partial charge in [-0.15, -0.1) is 0 Å². The Hall–Kier alpha value is -2.73. The number of anilines is 1. The predicted octanol–water partition coefficient (Wildman–Crippen LogP) is 4.08. The fourth-order valence-electron chi connectivity index (χ4n) is 3.39. The average molecular weight is 368 g/mol. The van der Waals surface area contributed by atoms with Crippen molar-refractivity contribution in [2.75, 3.05) is 18.7 Å². The van der Waals surface area contributed by atoms with E-state index < -0.39 is 11.7 Å². The summed E-state index contributed by atoms with van der Waals surface area (Å²) < 4.78 is 16.3. The molecule has 0 bridgehead atoms. The molecule has 0 atom stereocenters. The predicted molar refractivity (Wildman–Crippen MR) is 103 cm³/mol. The number of amides is 1. The SMILES string of the molecule is CC(C)(C)OC(=O)Nc1cc(-c2ccc3c(c2)OCO3)cc2c1CCNC2. The maximum atomic E-state index is 12.3. The average Bonchev–Trinajstić information content (AvgIpc) is 3.07. The van der Waals surface area contributed by atoms with Gasteiger partial charge in [0.1, 0.15) is 5.60 Å². The topological polar surface area (TPSA) is 68.8 Å². The molecule has 2 aromatic carbocycles. The summed E-state index contributed by atoms with van der Waals surface area (Å²) in [5, 5.41) is 6.34. The third kappa shape index (κ3) is 3.85. The first-order valence-electron chi connectivity index (χ1n) is 9.15. The van der Waals surface area contributed by atoms with Crippen LogP contribution in [0.1, 0.15) is 31.9 Å². The van der Waals surface area contributed by atoms with Crippen molar-refractivity contribution in [3.8, 4) is 22.6 Å². The largest absolute Gasteiger partial charge is 0.454 e. The minimum absolute atomic E-state index is 0.248. The molecule has 0 spiro atoms. The van der Waals surface area contributed by atoms with E-state index in [0.717, 1.165) is 53.4 Å². The van der Waals surface area contributed by atoms with Crippen molar-refractivity contribution in [3.05, 3.63) is 41.5 Å². The highest BCUT2D eigenvalue weighted by Gasteiger charge is 2.21. The quantitative estimate of drug-likeness (QED) is 0.836. The van der Waals surface area contributed by atoms with Crippen LogP contribution in [0.25, 0.3) is 11.1 Å². The number of carbonyl (C=O) groups excluding carboxylic acids is 1. The normalized spacial score (nSPS) is 15.2. The highest BCUT2D eigenvalue weighted by atomic mass is 16.7. The van der Waals surface area contributed by atoms with Gasteiger partial charge in [-0.05, 0) is 80.3 Å². The number of benzene rings is 2. The standard InChI is InChI=1S/C21H24N2O4/c1-21(2,3)27-20(24)23-17-9-14(8-15-11-22-7-6-16(15)17)13-4-5-18-19(10-13)26-12-25-18/h4-5,8-10,22H,6-7,11-12H2,1-3H3,(H,23,24). The van der Waals surface area contributed by atoms with Gasteiger partial charge in [0.05, 0.1) is 0 Å². The molecule has 2 aliphatic rings. The number of nitrogens with one attached hydrogen (secondary N) is 2. The number of rotatable bonds is 2. The smallest absolute Gasteiger partial charge is 0.412 e. The van der Waals surface area contributed by atoms with Gasteiger partial charge in [-0.3, -0.25) is 5.32 Å². The Labute approximate surface area is 158 Å². The number of fused-ring (bicyclic) bond motifs is 2. The van der Waals surface area contributed by atoms with Crippen molar-refractivity contribution in [1.82, 2.24) is 5.32 Å². The Morgan fingerprint density at radius 2 is 1.93 bits per heavy atom. The monoisotopic (exact) mass is 368 g/mol. The van der Waals surface area contributed by atoms with Crippen LogP contribution in [0.15, 0.2) is 30.3 Å². The van der Waals surface area contributed by atoms with Gasteiger partial charge >= 0.3 is 6.09 Å². The van der Waals surface area contributed by atoms with Crippen LogP contribution in [0.4, 0.5) is 10.5 Å². The molecule has 0 aromatic heterocycles. The summed E-state index contributed by atoms with van der Waals surface area (Å²) >= 11 is 0. The molecule has 0 aliphatic carbocycles. The maximum absolute atomic E-state index is 12.3. The molecule has 2 heterocycles. The Morgan fingerprint density at radius 1 is 1.11 bits per heavy atom. The van der Waals surface area contributed by atoms with E-state index in [9.17, 15) is 4.79 Å². The van der Waals surface area contributed by atoms with E-state index in [1.807, 2.05) is 45.0 Å². The molecular formula is C21H24N2O4. The molecule has 2 aliphatic heterocycles. The summed E-state index contributed by atoms with van der Waals surface area (Å²) in [6.45, 7) is 7.48. The van der Waals surface area contributed by atoms with Crippen LogP contribution in [-0.4, -0.2) is 25.0 Å². The third-order valence-electron chi connectivity index (χ3n) is 4.55. The molecular weight excluding hydrogens is 344 g/mol. The molecule has 4 rings (SSSR count). The number of hydrogen-bond donors (Lipinski definition) is 2. The van der Waals surface area contributed by atoms with Gasteiger partial charge in [0.2, 0.25) is 6.79 Å². The van der Waals surface area contributed by atoms with E-state index in [-0.39, 0.29) is 6.79 Å². The van der Waals surface area contributed by atoms with Crippen LogP contribution < -0.4 is 20.1 Å². The van der Waals surface area contributed by atoms with Crippen molar-refractivity contribution in [2.45, 2.75) is 39.3 Å². The summed E-state index contributed by atoms with van der Waals surface area (Å²) in [5.41, 5.74) is 4.63. The van der Waals surface area contributed by atoms with E-state index in [4.69, 9.17) is 14.2 Å². The fraction of sp³-hybridized carbons (Fsp3) is 0.381. The number of ether oxygens (including phenoxy) is 3. The summed E-state index contributed by atoms with van der Waals surface area (Å²) in [5.74, 6) is 1.50. The molecule has 0 radical (unpaired) electrons. The molecule has 1 amide bonds. The number of hydrogen-bond acceptors (Lipinski definition) is 5. The number of carbonyl (C=O) groups is 1. The zero-order valence-electron chi connectivity index (χ0n) is 15.8. The van der Waals surface area contributed by atoms with Gasteiger partial charge < -0.3 is 19.5 Å². The summed E-state index contributed by atoms with van der Waals surface area (Å²) in [7, 11) is 0. The van der Waals surface area contributed by atoms with Gasteiger partial charge in [0.25, 0.3) is 0 Å². The Kier molecular flexibility index (Phi) is 4.44. The molecule has 6 heteroatoms. The van der Waals surface area contributed by atoms with Crippen LogP contribution in [-0.2, 0) is 17.7 Å². The second kappa shape index (κ2) is 6.78. The Balaban J connectivity index is 1.70. The first-order valence-corrected chi connectivity index (χ1v) is 9.15. The first kappa shape index (κ1) is 17.7. The Morgan fingerprint density at radius 3 is 2.74 bits per heavy atom. The van der Waals surface area contributed by atoms with Gasteiger partial charge in [0.15, 0.2) is 11.5 Å². The zero-order chi connectivity index (χ0) is 19.0. The van der Waals surface area contributed by atoms with E-state index in [0.29, 0.717) is 0 Å². The lowest BCUT2D eigenvalue weighted by atomic mass is 9.93. The minimum atomic E-state index is -0.541. The summed E-state index contributed by atoms with van der Waals surface area (Å²) in [6.07, 6.45) is 0.424. The highest BCUT2D eigenvalue weighted by Crippen LogP contribution is 2.38. The van der Waals surface area contributed by atoms with E-state index >= 15 is 0 Å². The highest BCUT2D eigenvalue weighted by molar-refractivity contribution is 5.88. The lowest BCUT2D eigenvalue weighted by Crippen LogP contribution is -2.29. The van der Waals surface area contributed by atoms with Crippen molar-refractivity contribution in [3.63, 3.8) is 0 Å². The van der Waals surface area contributed by atoms with Crippen LogP contribution >= 0.6 is 0 Å². The Bertz CT molecular complexity index is 886. The molecule has 0 unspecified atom stereocenters.